The van der Waals surface area contributed by atoms with Crippen LogP contribution in [-0.4, -0.2) is 59.0 Å². The number of rotatable bonds is 3. The fraction of sp³-hybridized carbons (Fsp3) is 0.692. The summed E-state index contributed by atoms with van der Waals surface area (Å²) in [4.78, 5) is 49.4. The Labute approximate surface area is 205 Å². The normalized spacial score (nSPS) is 40.6. The zero-order valence-electron chi connectivity index (χ0n) is 21.5. The van der Waals surface area contributed by atoms with Crippen molar-refractivity contribution in [2.45, 2.75) is 97.7 Å². The molecular formula is C26H36O9. The molecule has 0 amide bonds. The summed E-state index contributed by atoms with van der Waals surface area (Å²) in [5, 5.41) is 12.2. The molecule has 3 aliphatic rings. The molecule has 0 aromatic carbocycles. The van der Waals surface area contributed by atoms with Crippen molar-refractivity contribution in [3.63, 3.8) is 0 Å². The number of allylic oxidation sites excluding steroid dienone is 1. The van der Waals surface area contributed by atoms with Crippen LogP contribution in [0.3, 0.4) is 0 Å². The Morgan fingerprint density at radius 2 is 1.60 bits per heavy atom. The van der Waals surface area contributed by atoms with E-state index in [9.17, 15) is 24.3 Å². The topological polar surface area (TPSA) is 125 Å². The number of carbonyl (C=O) groups excluding carboxylic acids is 4. The highest BCUT2D eigenvalue weighted by molar-refractivity contribution is 5.77. The number of esters is 4. The van der Waals surface area contributed by atoms with Crippen molar-refractivity contribution in [2.24, 2.45) is 17.3 Å². The van der Waals surface area contributed by atoms with Crippen LogP contribution < -0.4 is 0 Å². The summed E-state index contributed by atoms with van der Waals surface area (Å²) in [6, 6.07) is 0. The standard InChI is InChI=1S/C26H36O9/c1-13-8-10-19(32-16(4)27)25(7)20(33-17(5)28)11-9-14(2)22(25)23(34-18(6)29)26(31)15(3)24(30)35-21(26)12-13/h9,12,15,19-23,31H,8,10-11H2,1-7H3/b13-12-/t15-,19+,20-,21-,22?,23+,25-,26-/m0/s1. The molecule has 1 N–H and O–H groups in total. The van der Waals surface area contributed by atoms with Crippen LogP contribution in [0.15, 0.2) is 23.3 Å². The first-order valence-electron chi connectivity index (χ1n) is 12.0. The van der Waals surface area contributed by atoms with Crippen LogP contribution in [0.4, 0.5) is 0 Å². The van der Waals surface area contributed by atoms with Gasteiger partial charge in [-0.3, -0.25) is 19.2 Å². The van der Waals surface area contributed by atoms with Gasteiger partial charge in [0.2, 0.25) is 0 Å². The quantitative estimate of drug-likeness (QED) is 0.359. The Balaban J connectivity index is 2.34. The van der Waals surface area contributed by atoms with Crippen LogP contribution in [0, 0.1) is 17.3 Å². The van der Waals surface area contributed by atoms with Crippen LogP contribution in [-0.2, 0) is 38.1 Å². The highest BCUT2D eigenvalue weighted by atomic mass is 16.6. The lowest BCUT2D eigenvalue weighted by Gasteiger charge is -2.54. The summed E-state index contributed by atoms with van der Waals surface area (Å²) in [6.45, 7) is 10.9. The van der Waals surface area contributed by atoms with E-state index < -0.39 is 71.1 Å². The van der Waals surface area contributed by atoms with E-state index in [0.29, 0.717) is 19.3 Å². The highest BCUT2D eigenvalue weighted by Crippen LogP contribution is 2.55. The van der Waals surface area contributed by atoms with Crippen LogP contribution in [0.25, 0.3) is 0 Å². The summed E-state index contributed by atoms with van der Waals surface area (Å²) >= 11 is 0. The average molecular weight is 493 g/mol. The van der Waals surface area contributed by atoms with Crippen LogP contribution >= 0.6 is 0 Å². The molecule has 35 heavy (non-hydrogen) atoms. The molecule has 1 unspecified atom stereocenters. The summed E-state index contributed by atoms with van der Waals surface area (Å²) in [6.07, 6.45) is 0.977. The molecule has 0 aromatic heterocycles. The molecule has 1 heterocycles. The lowest BCUT2D eigenvalue weighted by molar-refractivity contribution is -0.216. The van der Waals surface area contributed by atoms with E-state index in [4.69, 9.17) is 18.9 Å². The maximum absolute atomic E-state index is 12.7. The number of hydrogen-bond donors (Lipinski definition) is 1. The van der Waals surface area contributed by atoms with Crippen molar-refractivity contribution >= 4 is 23.9 Å². The minimum atomic E-state index is -1.92. The summed E-state index contributed by atoms with van der Waals surface area (Å²) in [5.74, 6) is -4.05. The number of hydrogen-bond acceptors (Lipinski definition) is 9. The Bertz CT molecular complexity index is 966. The van der Waals surface area contributed by atoms with Gasteiger partial charge in [0.1, 0.15) is 18.3 Å². The number of fused-ring (bicyclic) bond motifs is 2. The van der Waals surface area contributed by atoms with E-state index in [0.717, 1.165) is 11.1 Å². The third-order valence-electron chi connectivity index (χ3n) is 7.85. The maximum Gasteiger partial charge on any atom is 0.312 e. The second-order valence-electron chi connectivity index (χ2n) is 10.3. The van der Waals surface area contributed by atoms with Gasteiger partial charge < -0.3 is 24.1 Å². The lowest BCUT2D eigenvalue weighted by atomic mass is 9.56. The Morgan fingerprint density at radius 1 is 1.03 bits per heavy atom. The van der Waals surface area contributed by atoms with Gasteiger partial charge in [-0.25, -0.2) is 0 Å². The van der Waals surface area contributed by atoms with Crippen molar-refractivity contribution in [2.75, 3.05) is 0 Å². The van der Waals surface area contributed by atoms with E-state index in [-0.39, 0.29) is 0 Å². The average Bonchev–Trinajstić information content (AvgIpc) is 2.95. The fourth-order valence-corrected chi connectivity index (χ4v) is 6.05. The smallest absolute Gasteiger partial charge is 0.312 e. The van der Waals surface area contributed by atoms with Gasteiger partial charge >= 0.3 is 23.9 Å². The Kier molecular flexibility index (Phi) is 7.50. The Morgan fingerprint density at radius 3 is 2.17 bits per heavy atom. The monoisotopic (exact) mass is 492 g/mol. The van der Waals surface area contributed by atoms with Crippen LogP contribution in [0.1, 0.15) is 67.7 Å². The van der Waals surface area contributed by atoms with Gasteiger partial charge in [-0.15, -0.1) is 0 Å². The van der Waals surface area contributed by atoms with E-state index in [1.165, 1.54) is 20.8 Å². The first-order valence-corrected chi connectivity index (χ1v) is 12.0. The SMILES string of the molecule is CC(=O)O[C@H]1CC=C(C)C2[C@@H](OC(C)=O)[C@@]3(O)[C@H](/C=C(/C)CC[C@@H](OC(C)=O)[C@]21C)OC(=O)[C@@H]3C. The van der Waals surface area contributed by atoms with Gasteiger partial charge in [0.05, 0.1) is 11.3 Å². The molecule has 2 aliphatic carbocycles. The van der Waals surface area contributed by atoms with E-state index in [1.807, 2.05) is 26.8 Å². The third kappa shape index (κ3) is 4.75. The molecule has 1 saturated heterocycles. The van der Waals surface area contributed by atoms with Gasteiger partial charge in [0.15, 0.2) is 11.7 Å². The van der Waals surface area contributed by atoms with Crippen molar-refractivity contribution in [1.82, 2.24) is 0 Å². The molecule has 0 spiro atoms. The number of carbonyl (C=O) groups is 4. The predicted octanol–water partition coefficient (Wildman–Crippen LogP) is 2.79. The minimum Gasteiger partial charge on any atom is -0.462 e. The summed E-state index contributed by atoms with van der Waals surface area (Å²) < 4.78 is 23.0. The van der Waals surface area contributed by atoms with Crippen LogP contribution in [0.5, 0.6) is 0 Å². The molecule has 194 valence electrons. The molecule has 0 saturated carbocycles. The maximum atomic E-state index is 12.7. The molecule has 1 fully saturated rings. The molecular weight excluding hydrogens is 456 g/mol. The van der Waals surface area contributed by atoms with Crippen molar-refractivity contribution in [1.29, 1.82) is 0 Å². The van der Waals surface area contributed by atoms with Gasteiger partial charge in [-0.05, 0) is 39.7 Å². The van der Waals surface area contributed by atoms with Crippen molar-refractivity contribution < 1.29 is 43.2 Å². The second kappa shape index (κ2) is 9.76. The Hall–Kier alpha value is -2.68. The number of ether oxygens (including phenoxy) is 4. The van der Waals surface area contributed by atoms with Gasteiger partial charge in [-0.2, -0.15) is 0 Å². The molecule has 1 aliphatic heterocycles. The third-order valence-corrected chi connectivity index (χ3v) is 7.85. The highest BCUT2D eigenvalue weighted by Gasteiger charge is 2.67. The zero-order chi connectivity index (χ0) is 26.3. The summed E-state index contributed by atoms with van der Waals surface area (Å²) in [7, 11) is 0. The molecule has 8 atom stereocenters. The molecule has 9 heteroatoms. The fourth-order valence-electron chi connectivity index (χ4n) is 6.05. The summed E-state index contributed by atoms with van der Waals surface area (Å²) in [5.41, 5.74) is -1.44. The predicted molar refractivity (Wildman–Crippen MR) is 124 cm³/mol. The lowest BCUT2D eigenvalue weighted by Crippen LogP contribution is -2.65. The zero-order valence-corrected chi connectivity index (χ0v) is 21.5. The van der Waals surface area contributed by atoms with Crippen molar-refractivity contribution in [3.05, 3.63) is 23.3 Å². The van der Waals surface area contributed by atoms with E-state index in [2.05, 4.69) is 0 Å². The second-order valence-corrected chi connectivity index (χ2v) is 10.3. The van der Waals surface area contributed by atoms with Gasteiger partial charge in [-0.1, -0.05) is 24.1 Å². The van der Waals surface area contributed by atoms with Gasteiger partial charge in [0, 0.05) is 33.1 Å². The molecule has 0 radical (unpaired) electrons. The van der Waals surface area contributed by atoms with E-state index >= 15 is 0 Å². The van der Waals surface area contributed by atoms with Crippen LogP contribution in [0.2, 0.25) is 0 Å². The first-order chi connectivity index (χ1) is 16.2. The minimum absolute atomic E-state index is 0.352. The molecule has 0 bridgehead atoms. The van der Waals surface area contributed by atoms with E-state index in [1.54, 1.807) is 13.0 Å². The van der Waals surface area contributed by atoms with Crippen molar-refractivity contribution in [3.8, 4) is 0 Å². The van der Waals surface area contributed by atoms with Gasteiger partial charge in [0.25, 0.3) is 0 Å². The first kappa shape index (κ1) is 26.9. The number of aliphatic hydroxyl groups is 1. The largest absolute Gasteiger partial charge is 0.462 e. The molecule has 0 aromatic rings. The molecule has 3 rings (SSSR count). The molecule has 9 nitrogen and oxygen atoms in total.